The molecule has 26 heavy (non-hydrogen) atoms. The van der Waals surface area contributed by atoms with Gasteiger partial charge >= 0.3 is 5.51 Å². The van der Waals surface area contributed by atoms with Gasteiger partial charge in [-0.05, 0) is 0 Å². The van der Waals surface area contributed by atoms with Crippen molar-refractivity contribution in [3.05, 3.63) is 32.9 Å². The molecule has 0 saturated heterocycles. The smallest absolute Gasteiger partial charge is 0.383 e. The van der Waals surface area contributed by atoms with Crippen LogP contribution in [-0.2, 0) is 17.5 Å². The van der Waals surface area contributed by atoms with Crippen molar-refractivity contribution >= 4 is 39.8 Å². The average molecular weight is 437 g/mol. The number of anilines is 1. The van der Waals surface area contributed by atoms with E-state index in [9.17, 15) is 30.6 Å². The van der Waals surface area contributed by atoms with E-state index in [0.29, 0.717) is 0 Å². The van der Waals surface area contributed by atoms with Crippen molar-refractivity contribution in [2.75, 3.05) is 5.73 Å². The average Bonchev–Trinajstić information content (AvgIpc) is 2.89. The molecule has 0 spiro atoms. The molecule has 0 amide bonds. The van der Waals surface area contributed by atoms with Crippen LogP contribution >= 0.6 is 23.2 Å². The zero-order valence-electron chi connectivity index (χ0n) is 12.0. The predicted molar refractivity (Wildman–Crippen MR) is 79.9 cm³/mol. The number of rotatable bonds is 3. The molecule has 5 nitrogen and oxygen atoms in total. The third-order valence-electron chi connectivity index (χ3n) is 3.05. The Hall–Kier alpha value is -1.97. The lowest BCUT2D eigenvalue weighted by Gasteiger charge is -2.13. The summed E-state index contributed by atoms with van der Waals surface area (Å²) in [5.74, 6) is -4.20. The lowest BCUT2D eigenvalue weighted by molar-refractivity contribution is -0.0384. The topological polar surface area (TPSA) is 84.7 Å². The molecule has 1 aromatic carbocycles. The van der Waals surface area contributed by atoms with Gasteiger partial charge in [-0.3, -0.25) is 0 Å². The molecule has 2 N–H and O–H groups in total. The summed E-state index contributed by atoms with van der Waals surface area (Å²) in [7, 11) is -3.77. The lowest BCUT2D eigenvalue weighted by Crippen LogP contribution is -2.18. The Balaban J connectivity index is 2.87. The van der Waals surface area contributed by atoms with Crippen LogP contribution in [0.2, 0.25) is 10.0 Å². The first kappa shape index (κ1) is 20.3. The Morgan fingerprint density at radius 3 is 2.12 bits per heavy atom. The van der Waals surface area contributed by atoms with Gasteiger partial charge < -0.3 is 5.73 Å². The van der Waals surface area contributed by atoms with Gasteiger partial charge in [0.15, 0.2) is 28.1 Å². The van der Waals surface area contributed by atoms with Crippen molar-refractivity contribution in [1.82, 2.24) is 9.78 Å². The minimum atomic E-state index is -5.30. The fourth-order valence-electron chi connectivity index (χ4n) is 1.93. The van der Waals surface area contributed by atoms with E-state index in [4.69, 9.17) is 34.2 Å². The highest BCUT2D eigenvalue weighted by atomic mass is 35.5. The van der Waals surface area contributed by atoms with Crippen LogP contribution in [0.1, 0.15) is 11.3 Å². The largest absolute Gasteiger partial charge is 0.476 e. The molecule has 1 atom stereocenters. The molecule has 0 aliphatic heterocycles. The molecule has 2 aromatic rings. The number of halogens is 8. The Kier molecular flexibility index (Phi) is 5.46. The van der Waals surface area contributed by atoms with Crippen LogP contribution in [0, 0.1) is 23.0 Å². The van der Waals surface area contributed by atoms with E-state index in [2.05, 4.69) is 5.10 Å². The van der Waals surface area contributed by atoms with Crippen molar-refractivity contribution in [3.63, 3.8) is 0 Å². The normalized spacial score (nSPS) is 12.9. The molecule has 0 fully saturated rings. The van der Waals surface area contributed by atoms with Gasteiger partial charge in [-0.1, -0.05) is 23.2 Å². The van der Waals surface area contributed by atoms with Crippen LogP contribution in [-0.4, -0.2) is 19.5 Å². The van der Waals surface area contributed by atoms with Gasteiger partial charge in [-0.2, -0.15) is 23.5 Å². The van der Waals surface area contributed by atoms with E-state index in [1.165, 1.54) is 6.07 Å². The molecule has 14 heteroatoms. The van der Waals surface area contributed by atoms with Crippen molar-refractivity contribution in [1.29, 1.82) is 5.26 Å². The summed E-state index contributed by atoms with van der Waals surface area (Å²) >= 11 is 11.3. The standard InChI is InChI=1S/C12H4Cl2F6N4OS/c13-5-7(16)3(1-15)8(17)6(14)9(5)24-11(22)10(4(2-21)23-24)26(25)12(18,19)20/h1,22H2. The van der Waals surface area contributed by atoms with Crippen LogP contribution in [0.3, 0.4) is 0 Å². The van der Waals surface area contributed by atoms with Crippen molar-refractivity contribution in [2.45, 2.75) is 17.1 Å². The van der Waals surface area contributed by atoms with Gasteiger partial charge in [0.25, 0.3) is 0 Å². The highest BCUT2D eigenvalue weighted by Gasteiger charge is 2.42. The third-order valence-corrected chi connectivity index (χ3v) is 4.94. The molecule has 0 aliphatic rings. The second kappa shape index (κ2) is 6.98. The molecule has 0 aliphatic carbocycles. The Morgan fingerprint density at radius 2 is 1.73 bits per heavy atom. The van der Waals surface area contributed by atoms with E-state index in [-0.39, 0.29) is 4.68 Å². The molecule has 0 radical (unpaired) electrons. The van der Waals surface area contributed by atoms with Gasteiger partial charge in [0.05, 0.1) is 5.56 Å². The lowest BCUT2D eigenvalue weighted by atomic mass is 10.2. The van der Waals surface area contributed by atoms with E-state index in [0.717, 1.165) is 0 Å². The van der Waals surface area contributed by atoms with Gasteiger partial charge in [-0.25, -0.2) is 22.1 Å². The fourth-order valence-corrected chi connectivity index (χ4v) is 3.32. The number of hydrogen-bond acceptors (Lipinski definition) is 4. The number of nitrogens with zero attached hydrogens (tertiary/aromatic N) is 3. The number of alkyl halides is 4. The SMILES string of the molecule is N#Cc1nn(-c2c(Cl)c(F)c(CF)c(F)c2Cl)c(N)c1S(=O)C(F)(F)F. The van der Waals surface area contributed by atoms with Gasteiger partial charge in [0.2, 0.25) is 0 Å². The number of hydrogen-bond donors (Lipinski definition) is 1. The highest BCUT2D eigenvalue weighted by molar-refractivity contribution is 7.86. The maximum absolute atomic E-state index is 14.0. The predicted octanol–water partition coefficient (Wildman–Crippen LogP) is 4.01. The summed E-state index contributed by atoms with van der Waals surface area (Å²) in [5, 5.41) is 10.2. The Labute approximate surface area is 153 Å². The van der Waals surface area contributed by atoms with Crippen LogP contribution in [0.15, 0.2) is 4.90 Å². The molecule has 1 aromatic heterocycles. The molecular formula is C12H4Cl2F6N4OS. The Morgan fingerprint density at radius 1 is 1.23 bits per heavy atom. The molecule has 1 heterocycles. The van der Waals surface area contributed by atoms with E-state index < -0.39 is 72.3 Å². The molecular weight excluding hydrogens is 433 g/mol. The minimum Gasteiger partial charge on any atom is -0.383 e. The van der Waals surface area contributed by atoms with Crippen molar-refractivity contribution in [2.24, 2.45) is 0 Å². The molecule has 2 rings (SSSR count). The maximum Gasteiger partial charge on any atom is 0.476 e. The first-order valence-corrected chi connectivity index (χ1v) is 8.06. The van der Waals surface area contributed by atoms with Gasteiger partial charge in [-0.15, -0.1) is 0 Å². The zero-order chi connectivity index (χ0) is 20.0. The quantitative estimate of drug-likeness (QED) is 0.581. The second-order valence-corrected chi connectivity index (χ2v) is 6.68. The number of nitriles is 1. The molecule has 0 bridgehead atoms. The maximum atomic E-state index is 14.0. The second-order valence-electron chi connectivity index (χ2n) is 4.52. The van der Waals surface area contributed by atoms with Crippen molar-refractivity contribution in [3.8, 4) is 11.8 Å². The van der Waals surface area contributed by atoms with Crippen LogP contribution in [0.25, 0.3) is 5.69 Å². The summed E-state index contributed by atoms with van der Waals surface area (Å²) in [6.45, 7) is -1.61. The van der Waals surface area contributed by atoms with Crippen LogP contribution in [0.5, 0.6) is 0 Å². The number of benzene rings is 1. The zero-order valence-corrected chi connectivity index (χ0v) is 14.3. The van der Waals surface area contributed by atoms with Crippen LogP contribution < -0.4 is 5.73 Å². The summed E-state index contributed by atoms with van der Waals surface area (Å²) in [6.07, 6.45) is 0. The number of nitrogens with two attached hydrogens (primary N) is 1. The van der Waals surface area contributed by atoms with Gasteiger partial charge in [0, 0.05) is 0 Å². The fraction of sp³-hybridized carbons (Fsp3) is 0.167. The number of aromatic nitrogens is 2. The molecule has 140 valence electrons. The highest BCUT2D eigenvalue weighted by Crippen LogP contribution is 2.40. The third kappa shape index (κ3) is 3.10. The van der Waals surface area contributed by atoms with Crippen molar-refractivity contribution < 1.29 is 30.6 Å². The first-order valence-electron chi connectivity index (χ1n) is 6.15. The van der Waals surface area contributed by atoms with E-state index in [1.54, 1.807) is 0 Å². The first-order chi connectivity index (χ1) is 12.0. The van der Waals surface area contributed by atoms with Gasteiger partial charge in [0.1, 0.15) is 39.2 Å². The molecule has 0 saturated carbocycles. The van der Waals surface area contributed by atoms with E-state index in [1.807, 2.05) is 0 Å². The Bertz CT molecular complexity index is 939. The van der Waals surface area contributed by atoms with Crippen LogP contribution in [0.4, 0.5) is 32.2 Å². The monoisotopic (exact) mass is 436 g/mol. The summed E-state index contributed by atoms with van der Waals surface area (Å²) in [5.41, 5.74) is -2.88. The summed E-state index contributed by atoms with van der Waals surface area (Å²) < 4.78 is 90.7. The molecule has 1 unspecified atom stereocenters. The summed E-state index contributed by atoms with van der Waals surface area (Å²) in [4.78, 5) is -1.23. The van der Waals surface area contributed by atoms with E-state index >= 15 is 0 Å². The minimum absolute atomic E-state index is 0.233. The number of nitrogen functional groups attached to an aromatic ring is 1. The summed E-state index contributed by atoms with van der Waals surface area (Å²) in [6, 6.07) is 1.23.